The Morgan fingerprint density at radius 1 is 1.55 bits per heavy atom. The molecule has 0 bridgehead atoms. The van der Waals surface area contributed by atoms with Gasteiger partial charge in [0, 0.05) is 19.2 Å². The topological polar surface area (TPSA) is 102 Å². The number of aromatic carboxylic acids is 1. The molecule has 20 heavy (non-hydrogen) atoms. The zero-order valence-electron chi connectivity index (χ0n) is 11.3. The number of nitrogens with one attached hydrogen (secondary N) is 1. The van der Waals surface area contributed by atoms with Crippen molar-refractivity contribution < 1.29 is 24.0 Å². The number of nitrogens with zero attached hydrogens (tertiary/aromatic N) is 1. The molecule has 0 aliphatic carbocycles. The van der Waals surface area contributed by atoms with E-state index in [-0.39, 0.29) is 12.3 Å². The molecule has 0 saturated carbocycles. The van der Waals surface area contributed by atoms with Gasteiger partial charge in [0.2, 0.25) is 0 Å². The van der Waals surface area contributed by atoms with Crippen LogP contribution in [0.25, 0.3) is 0 Å². The monoisotopic (exact) mass is 286 g/mol. The minimum absolute atomic E-state index is 0.0976. The van der Waals surface area contributed by atoms with Gasteiger partial charge in [0.25, 0.3) is 5.69 Å². The molecule has 1 rings (SSSR count). The molecule has 2 N–H and O–H groups in total. The average Bonchev–Trinajstić information content (AvgIpc) is 2.26. The minimum atomic E-state index is -1.56. The Kier molecular flexibility index (Phi) is 4.61. The van der Waals surface area contributed by atoms with E-state index < -0.39 is 33.5 Å². The molecule has 0 radical (unpaired) electrons. The average molecular weight is 286 g/mol. The highest BCUT2D eigenvalue weighted by Crippen LogP contribution is 2.30. The van der Waals surface area contributed by atoms with Crippen molar-refractivity contribution in [1.29, 1.82) is 0 Å². The van der Waals surface area contributed by atoms with Crippen molar-refractivity contribution in [2.45, 2.75) is 19.4 Å². The summed E-state index contributed by atoms with van der Waals surface area (Å²) in [5, 5.41) is 22.5. The highest BCUT2D eigenvalue weighted by molar-refractivity contribution is 5.90. The summed E-state index contributed by atoms with van der Waals surface area (Å²) >= 11 is 0. The number of carbonyl (C=O) groups is 1. The van der Waals surface area contributed by atoms with E-state index in [1.165, 1.54) is 7.11 Å². The summed E-state index contributed by atoms with van der Waals surface area (Å²) in [5.74, 6) is -2.60. The Morgan fingerprint density at radius 3 is 2.60 bits per heavy atom. The molecule has 0 fully saturated rings. The van der Waals surface area contributed by atoms with Crippen LogP contribution in [-0.2, 0) is 4.74 Å². The fourth-order valence-corrected chi connectivity index (χ4v) is 1.74. The van der Waals surface area contributed by atoms with Gasteiger partial charge in [-0.3, -0.25) is 10.1 Å². The molecule has 0 saturated heterocycles. The van der Waals surface area contributed by atoms with Crippen molar-refractivity contribution in [2.75, 3.05) is 19.0 Å². The lowest BCUT2D eigenvalue weighted by molar-refractivity contribution is -0.384. The van der Waals surface area contributed by atoms with Crippen LogP contribution < -0.4 is 5.32 Å². The summed E-state index contributed by atoms with van der Waals surface area (Å²) in [5.41, 5.74) is -2.03. The molecule has 0 atom stereocenters. The number of carboxylic acids is 1. The van der Waals surface area contributed by atoms with Crippen LogP contribution in [0.4, 0.5) is 15.8 Å². The Hall–Kier alpha value is -2.22. The van der Waals surface area contributed by atoms with Crippen LogP contribution in [0.5, 0.6) is 0 Å². The summed E-state index contributed by atoms with van der Waals surface area (Å²) in [7, 11) is 1.46. The Bertz CT molecular complexity index is 545. The van der Waals surface area contributed by atoms with Gasteiger partial charge in [0.15, 0.2) is 0 Å². The number of benzene rings is 1. The molecule has 110 valence electrons. The molecule has 0 unspecified atom stereocenters. The lowest BCUT2D eigenvalue weighted by atomic mass is 10.1. The molecule has 0 aromatic heterocycles. The summed E-state index contributed by atoms with van der Waals surface area (Å²) in [6.07, 6.45) is 0. The summed E-state index contributed by atoms with van der Waals surface area (Å²) in [6, 6.07) is 1.50. The first-order valence-electron chi connectivity index (χ1n) is 5.66. The summed E-state index contributed by atoms with van der Waals surface area (Å²) < 4.78 is 18.6. The number of nitro groups is 1. The molecule has 7 nitrogen and oxygen atoms in total. The van der Waals surface area contributed by atoms with E-state index in [1.807, 2.05) is 0 Å². The quantitative estimate of drug-likeness (QED) is 0.614. The second kappa shape index (κ2) is 5.83. The van der Waals surface area contributed by atoms with E-state index in [0.717, 1.165) is 6.07 Å². The smallest absolute Gasteiger partial charge is 0.338 e. The number of ether oxygens (including phenoxy) is 1. The predicted molar refractivity (Wildman–Crippen MR) is 69.6 cm³/mol. The lowest BCUT2D eigenvalue weighted by Gasteiger charge is -2.26. The Balaban J connectivity index is 3.29. The molecular formula is C12H15FN2O5. The summed E-state index contributed by atoms with van der Waals surface area (Å²) in [4.78, 5) is 21.0. The van der Waals surface area contributed by atoms with Crippen LogP contribution in [0, 0.1) is 15.9 Å². The van der Waals surface area contributed by atoms with Crippen LogP contribution >= 0.6 is 0 Å². The highest BCUT2D eigenvalue weighted by Gasteiger charge is 2.26. The summed E-state index contributed by atoms with van der Waals surface area (Å²) in [6.45, 7) is 3.65. The van der Waals surface area contributed by atoms with Gasteiger partial charge in [-0.15, -0.1) is 0 Å². The number of anilines is 1. The molecule has 0 spiro atoms. The maximum Gasteiger partial charge on any atom is 0.338 e. The normalized spacial score (nSPS) is 11.2. The fraction of sp³-hybridized carbons (Fsp3) is 0.417. The first kappa shape index (κ1) is 15.8. The molecule has 0 aliphatic heterocycles. The zero-order valence-corrected chi connectivity index (χ0v) is 11.3. The third-order valence-corrected chi connectivity index (χ3v) is 2.49. The van der Waals surface area contributed by atoms with Crippen LogP contribution in [0.15, 0.2) is 12.1 Å². The Labute approximate surface area is 114 Å². The minimum Gasteiger partial charge on any atom is -0.478 e. The third kappa shape index (κ3) is 3.64. The van der Waals surface area contributed by atoms with Gasteiger partial charge in [-0.25, -0.2) is 9.18 Å². The number of carboxylic acid groups (broad SMARTS) is 1. The van der Waals surface area contributed by atoms with Crippen molar-refractivity contribution >= 4 is 17.3 Å². The van der Waals surface area contributed by atoms with Crippen LogP contribution in [0.3, 0.4) is 0 Å². The molecule has 0 heterocycles. The maximum absolute atomic E-state index is 13.6. The number of nitro benzene ring substituents is 1. The largest absolute Gasteiger partial charge is 0.478 e. The molecule has 1 aromatic carbocycles. The van der Waals surface area contributed by atoms with E-state index in [9.17, 15) is 19.3 Å². The SMILES string of the molecule is COCC(C)(C)Nc1cc(F)c(C(=O)O)cc1[N+](=O)[O-]. The highest BCUT2D eigenvalue weighted by atomic mass is 19.1. The molecule has 0 aliphatic rings. The van der Waals surface area contributed by atoms with Crippen molar-refractivity contribution in [2.24, 2.45) is 0 Å². The van der Waals surface area contributed by atoms with Gasteiger partial charge in [0.05, 0.1) is 17.1 Å². The van der Waals surface area contributed by atoms with E-state index >= 15 is 0 Å². The van der Waals surface area contributed by atoms with E-state index in [4.69, 9.17) is 9.84 Å². The van der Waals surface area contributed by atoms with Gasteiger partial charge in [-0.05, 0) is 13.8 Å². The van der Waals surface area contributed by atoms with Crippen LogP contribution in [0.2, 0.25) is 0 Å². The van der Waals surface area contributed by atoms with Gasteiger partial charge >= 0.3 is 5.97 Å². The van der Waals surface area contributed by atoms with Crippen LogP contribution in [-0.4, -0.2) is 35.3 Å². The molecule has 8 heteroatoms. The first-order valence-corrected chi connectivity index (χ1v) is 5.66. The van der Waals surface area contributed by atoms with Gasteiger partial charge in [0.1, 0.15) is 17.1 Å². The second-order valence-corrected chi connectivity index (χ2v) is 4.85. The second-order valence-electron chi connectivity index (χ2n) is 4.85. The predicted octanol–water partition coefficient (Wildman–Crippen LogP) is 2.27. The third-order valence-electron chi connectivity index (χ3n) is 2.49. The lowest BCUT2D eigenvalue weighted by Crippen LogP contribution is -2.36. The van der Waals surface area contributed by atoms with Gasteiger partial charge in [-0.2, -0.15) is 0 Å². The van der Waals surface area contributed by atoms with Crippen molar-refractivity contribution in [1.82, 2.24) is 0 Å². The number of hydrogen-bond donors (Lipinski definition) is 2. The maximum atomic E-state index is 13.6. The number of hydrogen-bond acceptors (Lipinski definition) is 5. The molecule has 1 aromatic rings. The molecule has 0 amide bonds. The number of methoxy groups -OCH3 is 1. The van der Waals surface area contributed by atoms with E-state index in [0.29, 0.717) is 6.07 Å². The number of halogens is 1. The van der Waals surface area contributed by atoms with E-state index in [2.05, 4.69) is 5.32 Å². The van der Waals surface area contributed by atoms with Crippen molar-refractivity contribution in [3.05, 3.63) is 33.6 Å². The van der Waals surface area contributed by atoms with Crippen molar-refractivity contribution in [3.63, 3.8) is 0 Å². The molecular weight excluding hydrogens is 271 g/mol. The standard InChI is InChI=1S/C12H15FN2O5/c1-12(2,6-20-3)14-9-5-8(13)7(11(16)17)4-10(9)15(18)19/h4-5,14H,6H2,1-3H3,(H,16,17). The fourth-order valence-electron chi connectivity index (χ4n) is 1.74. The zero-order chi connectivity index (χ0) is 15.5. The van der Waals surface area contributed by atoms with Gasteiger partial charge in [-0.1, -0.05) is 0 Å². The van der Waals surface area contributed by atoms with Gasteiger partial charge < -0.3 is 15.2 Å². The van der Waals surface area contributed by atoms with E-state index in [1.54, 1.807) is 13.8 Å². The van der Waals surface area contributed by atoms with Crippen molar-refractivity contribution in [3.8, 4) is 0 Å². The number of rotatable bonds is 6. The van der Waals surface area contributed by atoms with Crippen LogP contribution in [0.1, 0.15) is 24.2 Å². The Morgan fingerprint density at radius 2 is 2.15 bits per heavy atom. The first-order chi connectivity index (χ1) is 9.18.